The Balaban J connectivity index is 1.67. The van der Waals surface area contributed by atoms with Crippen LogP contribution in [0.5, 0.6) is 0 Å². The van der Waals surface area contributed by atoms with E-state index in [4.69, 9.17) is 37.2 Å². The van der Waals surface area contributed by atoms with Gasteiger partial charge in [0, 0.05) is 5.02 Å². The summed E-state index contributed by atoms with van der Waals surface area (Å²) in [5.41, 5.74) is 0.149. The second-order valence-electron chi connectivity index (χ2n) is 7.89. The molecule has 11 heteroatoms. The van der Waals surface area contributed by atoms with Gasteiger partial charge in [-0.15, -0.1) is 0 Å². The lowest BCUT2D eigenvalue weighted by Gasteiger charge is -2.43. The molecule has 30 heavy (non-hydrogen) atoms. The van der Waals surface area contributed by atoms with E-state index in [1.807, 2.05) is 13.8 Å². The molecule has 2 saturated heterocycles. The molecule has 162 valence electrons. The fourth-order valence-electron chi connectivity index (χ4n) is 3.73. The molecule has 1 aromatic rings. The molecule has 0 radical (unpaired) electrons. The van der Waals surface area contributed by atoms with Crippen LogP contribution >= 0.6 is 23.2 Å². The van der Waals surface area contributed by atoms with E-state index in [9.17, 15) is 19.2 Å². The highest BCUT2D eigenvalue weighted by atomic mass is 35.5. The van der Waals surface area contributed by atoms with Crippen molar-refractivity contribution < 1.29 is 33.1 Å². The smallest absolute Gasteiger partial charge is 0.499 e. The standard InChI is InChI=1S/C19H21BCl2NO7/c1-10(2)5-11(20-28-16(19(27)30-20)8-17(25)29-20)6-13(24)9-23-18(26)14-7-12(21)3-4-15(14)22/h3-4,7,10-11,16H,5-6,8-9H2,1-2H3,(H,23,26)/q-1/t11?,16-,20?/m1/s1. The van der Waals surface area contributed by atoms with Crippen LogP contribution in [0.15, 0.2) is 18.2 Å². The molecule has 1 N–H and O–H groups in total. The van der Waals surface area contributed by atoms with Crippen LogP contribution in [0.2, 0.25) is 15.9 Å². The van der Waals surface area contributed by atoms with Gasteiger partial charge in [0.05, 0.1) is 23.6 Å². The van der Waals surface area contributed by atoms with Gasteiger partial charge in [0.1, 0.15) is 11.9 Å². The number of ketones is 1. The number of rotatable bonds is 8. The van der Waals surface area contributed by atoms with Crippen molar-refractivity contribution in [2.24, 2.45) is 5.92 Å². The highest BCUT2D eigenvalue weighted by molar-refractivity contribution is 6.68. The molecule has 3 rings (SSSR count). The Bertz CT molecular complexity index is 890. The molecular weight excluding hydrogens is 436 g/mol. The zero-order valence-corrected chi connectivity index (χ0v) is 18.0. The number of carbonyl (C=O) groups excluding carboxylic acids is 4. The van der Waals surface area contributed by atoms with E-state index in [1.54, 1.807) is 6.07 Å². The summed E-state index contributed by atoms with van der Waals surface area (Å²) in [6, 6.07) is 4.44. The molecule has 2 aliphatic rings. The minimum atomic E-state index is -2.70. The number of Topliss-reactive ketones (excluding diaryl/α,β-unsaturated/α-hetero) is 1. The van der Waals surface area contributed by atoms with Crippen molar-refractivity contribution in [1.82, 2.24) is 5.32 Å². The maximum atomic E-state index is 12.6. The predicted molar refractivity (Wildman–Crippen MR) is 109 cm³/mol. The van der Waals surface area contributed by atoms with Crippen LogP contribution in [0.3, 0.4) is 0 Å². The van der Waals surface area contributed by atoms with Gasteiger partial charge in [0.25, 0.3) is 17.8 Å². The van der Waals surface area contributed by atoms with Gasteiger partial charge in [0.2, 0.25) is 0 Å². The van der Waals surface area contributed by atoms with Gasteiger partial charge < -0.3 is 19.3 Å². The summed E-state index contributed by atoms with van der Waals surface area (Å²) in [5.74, 6) is -2.68. The van der Waals surface area contributed by atoms with Crippen molar-refractivity contribution in [3.8, 4) is 0 Å². The van der Waals surface area contributed by atoms with Gasteiger partial charge in [-0.2, -0.15) is 0 Å². The first kappa shape index (κ1) is 22.6. The molecule has 0 aromatic heterocycles. The highest BCUT2D eigenvalue weighted by Crippen LogP contribution is 2.42. The number of halogens is 2. The average molecular weight is 457 g/mol. The fourth-order valence-corrected chi connectivity index (χ4v) is 4.11. The summed E-state index contributed by atoms with van der Waals surface area (Å²) in [5, 5.41) is 3.05. The summed E-state index contributed by atoms with van der Waals surface area (Å²) in [6.45, 7) is 0.861. The first-order valence-corrected chi connectivity index (χ1v) is 10.4. The van der Waals surface area contributed by atoms with Crippen LogP contribution in [0.4, 0.5) is 0 Å². The largest absolute Gasteiger partial charge is 0.633 e. The molecule has 1 amide bonds. The Labute approximate surface area is 183 Å². The van der Waals surface area contributed by atoms with Crippen LogP contribution in [0, 0.1) is 5.92 Å². The van der Waals surface area contributed by atoms with E-state index in [0.29, 0.717) is 11.4 Å². The van der Waals surface area contributed by atoms with Crippen LogP contribution in [-0.2, 0) is 28.3 Å². The van der Waals surface area contributed by atoms with E-state index < -0.39 is 36.5 Å². The zero-order valence-electron chi connectivity index (χ0n) is 16.5. The monoisotopic (exact) mass is 456 g/mol. The van der Waals surface area contributed by atoms with Gasteiger partial charge in [-0.3, -0.25) is 19.2 Å². The minimum absolute atomic E-state index is 0.102. The lowest BCUT2D eigenvalue weighted by atomic mass is 9.58. The van der Waals surface area contributed by atoms with Crippen LogP contribution in [0.1, 0.15) is 43.5 Å². The van der Waals surface area contributed by atoms with Crippen molar-refractivity contribution in [3.63, 3.8) is 0 Å². The Morgan fingerprint density at radius 1 is 1.23 bits per heavy atom. The normalized spacial score (nSPS) is 23.7. The van der Waals surface area contributed by atoms with Crippen molar-refractivity contribution in [1.29, 1.82) is 0 Å². The Morgan fingerprint density at radius 3 is 2.67 bits per heavy atom. The molecule has 2 aliphatic heterocycles. The summed E-state index contributed by atoms with van der Waals surface area (Å²) in [7, 11) is 0. The minimum Gasteiger partial charge on any atom is -0.633 e. The first-order valence-electron chi connectivity index (χ1n) is 9.61. The third-order valence-corrected chi connectivity index (χ3v) is 5.57. The summed E-state index contributed by atoms with van der Waals surface area (Å²) in [6.07, 6.45) is -0.885. The number of hydrogen-bond donors (Lipinski definition) is 1. The molecule has 2 bridgehead atoms. The molecule has 2 fully saturated rings. The Morgan fingerprint density at radius 2 is 1.97 bits per heavy atom. The lowest BCUT2D eigenvalue weighted by molar-refractivity contribution is -0.145. The van der Waals surface area contributed by atoms with Crippen molar-refractivity contribution in [3.05, 3.63) is 33.8 Å². The molecule has 2 heterocycles. The molecule has 3 atom stereocenters. The van der Waals surface area contributed by atoms with Gasteiger partial charge >= 0.3 is 6.75 Å². The number of amides is 1. The third-order valence-electron chi connectivity index (χ3n) is 5.01. The second kappa shape index (κ2) is 8.95. The number of carbonyl (C=O) groups is 4. The quantitative estimate of drug-likeness (QED) is 0.599. The molecule has 1 aromatic carbocycles. The molecule has 0 saturated carbocycles. The molecular formula is C19H21BCl2NO7-. The Hall–Kier alpha value is -2.10. The first-order chi connectivity index (χ1) is 14.1. The molecule has 0 spiro atoms. The number of fused-ring (bicyclic) bond motifs is 2. The van der Waals surface area contributed by atoms with Crippen LogP contribution < -0.4 is 5.32 Å². The summed E-state index contributed by atoms with van der Waals surface area (Å²) < 4.78 is 16.3. The SMILES string of the molecule is CC(C)CC(CC(=O)CNC(=O)c1cc(Cl)ccc1Cl)[B-]12OC(=O)C[C@@H](O1)C(=O)O2. The number of benzene rings is 1. The van der Waals surface area contributed by atoms with Crippen molar-refractivity contribution >= 4 is 53.6 Å². The van der Waals surface area contributed by atoms with Gasteiger partial charge in [-0.05, 0) is 30.5 Å². The topological polar surface area (TPSA) is 108 Å². The van der Waals surface area contributed by atoms with E-state index in [-0.39, 0.29) is 41.7 Å². The summed E-state index contributed by atoms with van der Waals surface area (Å²) >= 11 is 11.9. The highest BCUT2D eigenvalue weighted by Gasteiger charge is 2.56. The summed E-state index contributed by atoms with van der Waals surface area (Å²) in [4.78, 5) is 48.8. The average Bonchev–Trinajstić information content (AvgIpc) is 2.90. The van der Waals surface area contributed by atoms with Crippen LogP contribution in [0.25, 0.3) is 0 Å². The lowest BCUT2D eigenvalue weighted by Crippen LogP contribution is -2.52. The maximum absolute atomic E-state index is 12.6. The predicted octanol–water partition coefficient (Wildman–Crippen LogP) is 2.93. The van der Waals surface area contributed by atoms with Crippen molar-refractivity contribution in [2.75, 3.05) is 6.54 Å². The molecule has 8 nitrogen and oxygen atoms in total. The maximum Gasteiger partial charge on any atom is 0.499 e. The van der Waals surface area contributed by atoms with Crippen LogP contribution in [-0.4, -0.2) is 43.0 Å². The van der Waals surface area contributed by atoms with E-state index in [0.717, 1.165) is 0 Å². The third kappa shape index (κ3) is 4.96. The molecule has 2 unspecified atom stereocenters. The van der Waals surface area contributed by atoms with Gasteiger partial charge in [-0.25, -0.2) is 0 Å². The number of hydrogen-bond acceptors (Lipinski definition) is 7. The number of nitrogens with one attached hydrogen (secondary N) is 1. The van der Waals surface area contributed by atoms with E-state index in [1.165, 1.54) is 12.1 Å². The Kier molecular flexibility index (Phi) is 6.74. The van der Waals surface area contributed by atoms with Crippen molar-refractivity contribution in [2.45, 2.75) is 45.0 Å². The van der Waals surface area contributed by atoms with E-state index >= 15 is 0 Å². The second-order valence-corrected chi connectivity index (χ2v) is 8.74. The van der Waals surface area contributed by atoms with E-state index in [2.05, 4.69) is 5.32 Å². The fraction of sp³-hybridized carbons (Fsp3) is 0.474. The van der Waals surface area contributed by atoms with Gasteiger partial charge in [0.15, 0.2) is 0 Å². The molecule has 0 aliphatic carbocycles. The van der Waals surface area contributed by atoms with Gasteiger partial charge in [-0.1, -0.05) is 49.3 Å². The zero-order chi connectivity index (χ0) is 22.1.